The fraction of sp³-hybridized carbons (Fsp3) is 0.533. The first kappa shape index (κ1) is 14.6. The highest BCUT2D eigenvalue weighted by Crippen LogP contribution is 2.39. The predicted molar refractivity (Wildman–Crippen MR) is 88.6 cm³/mol. The van der Waals surface area contributed by atoms with E-state index in [-0.39, 0.29) is 5.82 Å². The molecule has 1 aromatic carbocycles. The lowest BCUT2D eigenvalue weighted by Crippen LogP contribution is -2.12. The van der Waals surface area contributed by atoms with E-state index in [1.807, 2.05) is 28.7 Å². The van der Waals surface area contributed by atoms with Crippen molar-refractivity contribution in [2.75, 3.05) is 0 Å². The van der Waals surface area contributed by atoms with Gasteiger partial charge in [-0.15, -0.1) is 11.6 Å². The SMILES string of the molecule is CCC(CC1CC1)n1c(CCl)nc2cc(I)c(F)cc21. The average Bonchev–Trinajstić information content (AvgIpc) is 3.19. The molecule has 1 heterocycles. The minimum atomic E-state index is -0.179. The number of rotatable bonds is 5. The minimum Gasteiger partial charge on any atom is -0.324 e. The van der Waals surface area contributed by atoms with Crippen molar-refractivity contribution in [2.45, 2.75) is 44.5 Å². The van der Waals surface area contributed by atoms with Gasteiger partial charge < -0.3 is 4.57 Å². The summed E-state index contributed by atoms with van der Waals surface area (Å²) in [6, 6.07) is 3.79. The normalized spacial score (nSPS) is 16.8. The molecule has 1 atom stereocenters. The van der Waals surface area contributed by atoms with Crippen molar-refractivity contribution in [2.24, 2.45) is 5.92 Å². The number of halogens is 3. The number of alkyl halides is 1. The van der Waals surface area contributed by atoms with Crippen LogP contribution in [0.5, 0.6) is 0 Å². The quantitative estimate of drug-likeness (QED) is 0.488. The maximum absolute atomic E-state index is 13.9. The van der Waals surface area contributed by atoms with Crippen molar-refractivity contribution < 1.29 is 4.39 Å². The van der Waals surface area contributed by atoms with Gasteiger partial charge >= 0.3 is 0 Å². The fourth-order valence-corrected chi connectivity index (χ4v) is 3.47. The van der Waals surface area contributed by atoms with Crippen LogP contribution in [0.3, 0.4) is 0 Å². The Hall–Kier alpha value is -0.360. The molecule has 1 aromatic heterocycles. The standard InChI is InChI=1S/C15H17ClFIN2/c1-2-10(5-9-3-4-9)20-14-6-11(17)12(18)7-13(14)19-15(20)8-16/h6-7,9-10H,2-5,8H2,1H3. The van der Waals surface area contributed by atoms with Gasteiger partial charge in [-0.25, -0.2) is 9.37 Å². The van der Waals surface area contributed by atoms with E-state index in [0.29, 0.717) is 15.5 Å². The lowest BCUT2D eigenvalue weighted by Gasteiger charge is -2.20. The molecule has 20 heavy (non-hydrogen) atoms. The smallest absolute Gasteiger partial charge is 0.138 e. The lowest BCUT2D eigenvalue weighted by atomic mass is 10.1. The fourth-order valence-electron chi connectivity index (χ4n) is 2.83. The molecule has 1 unspecified atom stereocenters. The lowest BCUT2D eigenvalue weighted by molar-refractivity contribution is 0.429. The van der Waals surface area contributed by atoms with Crippen molar-refractivity contribution in [1.82, 2.24) is 9.55 Å². The van der Waals surface area contributed by atoms with Crippen LogP contribution in [0.15, 0.2) is 12.1 Å². The van der Waals surface area contributed by atoms with E-state index in [1.54, 1.807) is 6.07 Å². The Morgan fingerprint density at radius 3 is 2.85 bits per heavy atom. The van der Waals surface area contributed by atoms with E-state index in [1.165, 1.54) is 12.8 Å². The molecular weight excluding hydrogens is 390 g/mol. The Morgan fingerprint density at radius 2 is 2.25 bits per heavy atom. The highest BCUT2D eigenvalue weighted by molar-refractivity contribution is 14.1. The average molecular weight is 407 g/mol. The molecule has 1 saturated carbocycles. The number of benzene rings is 1. The summed E-state index contributed by atoms with van der Waals surface area (Å²) < 4.78 is 16.7. The molecule has 108 valence electrons. The summed E-state index contributed by atoms with van der Waals surface area (Å²) >= 11 is 8.06. The molecule has 5 heteroatoms. The number of imidazole rings is 1. The molecule has 3 rings (SSSR count). The van der Waals surface area contributed by atoms with Gasteiger partial charge in [0.1, 0.15) is 11.6 Å². The number of aromatic nitrogens is 2. The van der Waals surface area contributed by atoms with Crippen LogP contribution in [0, 0.1) is 15.3 Å². The van der Waals surface area contributed by atoms with Gasteiger partial charge in [-0.3, -0.25) is 0 Å². The van der Waals surface area contributed by atoms with Crippen LogP contribution in [-0.4, -0.2) is 9.55 Å². The molecule has 0 aliphatic heterocycles. The van der Waals surface area contributed by atoms with Gasteiger partial charge in [-0.2, -0.15) is 0 Å². The monoisotopic (exact) mass is 406 g/mol. The molecule has 0 bridgehead atoms. The van der Waals surface area contributed by atoms with E-state index >= 15 is 0 Å². The molecule has 0 amide bonds. The van der Waals surface area contributed by atoms with Gasteiger partial charge in [0.05, 0.1) is 20.5 Å². The number of hydrogen-bond acceptors (Lipinski definition) is 1. The second-order valence-electron chi connectivity index (χ2n) is 5.53. The Balaban J connectivity index is 2.12. The first-order valence-electron chi connectivity index (χ1n) is 7.05. The summed E-state index contributed by atoms with van der Waals surface area (Å²) in [6.07, 6.45) is 4.83. The zero-order valence-corrected chi connectivity index (χ0v) is 14.3. The van der Waals surface area contributed by atoms with Crippen LogP contribution in [0.25, 0.3) is 11.0 Å². The summed E-state index contributed by atoms with van der Waals surface area (Å²) in [5.74, 6) is 1.88. The van der Waals surface area contributed by atoms with Crippen LogP contribution >= 0.6 is 34.2 Å². The van der Waals surface area contributed by atoms with Crippen molar-refractivity contribution in [3.05, 3.63) is 27.3 Å². The third-order valence-corrected chi connectivity index (χ3v) is 5.13. The Kier molecular flexibility index (Phi) is 4.22. The highest BCUT2D eigenvalue weighted by Gasteiger charge is 2.27. The summed E-state index contributed by atoms with van der Waals surface area (Å²) in [7, 11) is 0. The Bertz CT molecular complexity index is 636. The van der Waals surface area contributed by atoms with Crippen molar-refractivity contribution in [1.29, 1.82) is 0 Å². The van der Waals surface area contributed by atoms with Gasteiger partial charge in [-0.1, -0.05) is 19.8 Å². The summed E-state index contributed by atoms with van der Waals surface area (Å²) in [5.41, 5.74) is 1.73. The summed E-state index contributed by atoms with van der Waals surface area (Å²) in [4.78, 5) is 4.59. The van der Waals surface area contributed by atoms with E-state index < -0.39 is 0 Å². The first-order valence-corrected chi connectivity index (χ1v) is 8.67. The summed E-state index contributed by atoms with van der Waals surface area (Å²) in [5, 5.41) is 0. The minimum absolute atomic E-state index is 0.179. The van der Waals surface area contributed by atoms with Gasteiger partial charge in [0.2, 0.25) is 0 Å². The van der Waals surface area contributed by atoms with Crippen molar-refractivity contribution in [3.8, 4) is 0 Å². The molecule has 2 nitrogen and oxygen atoms in total. The van der Waals surface area contributed by atoms with Crippen LogP contribution in [0.1, 0.15) is 44.5 Å². The Labute approximate surface area is 136 Å². The number of fused-ring (bicyclic) bond motifs is 1. The van der Waals surface area contributed by atoms with Gasteiger partial charge in [0.15, 0.2) is 0 Å². The zero-order valence-electron chi connectivity index (χ0n) is 11.4. The van der Waals surface area contributed by atoms with Crippen LogP contribution in [0.2, 0.25) is 0 Å². The first-order chi connectivity index (χ1) is 9.63. The zero-order chi connectivity index (χ0) is 14.3. The number of hydrogen-bond donors (Lipinski definition) is 0. The van der Waals surface area contributed by atoms with Crippen LogP contribution in [-0.2, 0) is 5.88 Å². The van der Waals surface area contributed by atoms with E-state index in [0.717, 1.165) is 35.6 Å². The summed E-state index contributed by atoms with van der Waals surface area (Å²) in [6.45, 7) is 2.18. The van der Waals surface area contributed by atoms with E-state index in [2.05, 4.69) is 16.5 Å². The molecule has 1 aliphatic rings. The van der Waals surface area contributed by atoms with Crippen molar-refractivity contribution in [3.63, 3.8) is 0 Å². The topological polar surface area (TPSA) is 17.8 Å². The molecule has 2 aromatic rings. The van der Waals surface area contributed by atoms with Gasteiger partial charge in [0, 0.05) is 12.1 Å². The molecule has 1 aliphatic carbocycles. The number of nitrogens with zero attached hydrogens (tertiary/aromatic N) is 2. The van der Waals surface area contributed by atoms with Crippen LogP contribution < -0.4 is 0 Å². The van der Waals surface area contributed by atoms with E-state index in [4.69, 9.17) is 11.6 Å². The third-order valence-electron chi connectivity index (χ3n) is 4.06. The molecular formula is C15H17ClFIN2. The second-order valence-corrected chi connectivity index (χ2v) is 6.96. The van der Waals surface area contributed by atoms with Gasteiger partial charge in [-0.05, 0) is 47.4 Å². The maximum atomic E-state index is 13.9. The Morgan fingerprint density at radius 1 is 1.50 bits per heavy atom. The third kappa shape index (κ3) is 2.69. The van der Waals surface area contributed by atoms with Gasteiger partial charge in [0.25, 0.3) is 0 Å². The molecule has 0 spiro atoms. The largest absolute Gasteiger partial charge is 0.324 e. The van der Waals surface area contributed by atoms with Crippen LogP contribution in [0.4, 0.5) is 4.39 Å². The predicted octanol–water partition coefficient (Wildman–Crippen LogP) is 5.27. The maximum Gasteiger partial charge on any atom is 0.138 e. The molecule has 0 radical (unpaired) electrons. The second kappa shape index (κ2) is 5.79. The van der Waals surface area contributed by atoms with Crippen molar-refractivity contribution >= 4 is 45.2 Å². The molecule has 0 saturated heterocycles. The highest BCUT2D eigenvalue weighted by atomic mass is 127. The molecule has 0 N–H and O–H groups in total. The molecule has 1 fully saturated rings. The van der Waals surface area contributed by atoms with E-state index in [9.17, 15) is 4.39 Å².